The number of aromatic nitrogens is 2. The highest BCUT2D eigenvalue weighted by molar-refractivity contribution is 6.05. The van der Waals surface area contributed by atoms with Gasteiger partial charge in [-0.25, -0.2) is 9.07 Å². The Labute approximate surface area is 175 Å². The lowest BCUT2D eigenvalue weighted by Gasteiger charge is -2.13. The normalized spacial score (nSPS) is 11.3. The number of carbonyl (C=O) groups excluding carboxylic acids is 2. The summed E-state index contributed by atoms with van der Waals surface area (Å²) in [6, 6.07) is 11.0. The minimum atomic E-state index is -4.96. The highest BCUT2D eigenvalue weighted by Crippen LogP contribution is 2.34. The van der Waals surface area contributed by atoms with Crippen LogP contribution in [0.3, 0.4) is 0 Å². The molecule has 1 N–H and O–H groups in total. The fourth-order valence-electron chi connectivity index (χ4n) is 2.83. The lowest BCUT2D eigenvalue weighted by molar-refractivity contribution is -0.143. The van der Waals surface area contributed by atoms with Crippen molar-refractivity contribution in [3.8, 4) is 5.69 Å². The van der Waals surface area contributed by atoms with Crippen LogP contribution in [0.15, 0.2) is 54.7 Å². The van der Waals surface area contributed by atoms with Crippen LogP contribution in [0, 0.1) is 5.82 Å². The number of alkyl halides is 3. The average molecular weight is 434 g/mol. The lowest BCUT2D eigenvalue weighted by Crippen LogP contribution is -2.23. The number of para-hydroxylation sites is 1. The number of amides is 2. The van der Waals surface area contributed by atoms with E-state index in [9.17, 15) is 27.2 Å². The molecule has 0 bridgehead atoms. The molecule has 0 aliphatic carbocycles. The molecule has 2 amide bonds. The zero-order valence-corrected chi connectivity index (χ0v) is 16.6. The minimum absolute atomic E-state index is 0.118. The number of carbonyl (C=O) groups is 2. The maximum atomic E-state index is 14.0. The summed E-state index contributed by atoms with van der Waals surface area (Å²) in [5, 5.41) is 5.97. The van der Waals surface area contributed by atoms with E-state index in [0.29, 0.717) is 10.2 Å². The summed E-state index contributed by atoms with van der Waals surface area (Å²) < 4.78 is 55.5. The zero-order valence-electron chi connectivity index (χ0n) is 16.6. The molecule has 0 spiro atoms. The van der Waals surface area contributed by atoms with E-state index in [4.69, 9.17) is 0 Å². The summed E-state index contributed by atoms with van der Waals surface area (Å²) in [6.07, 6.45) is -4.06. The molecular formula is C21H18F4N4O2. The predicted molar refractivity (Wildman–Crippen MR) is 105 cm³/mol. The molecule has 0 aliphatic heterocycles. The number of rotatable bonds is 5. The first-order valence-corrected chi connectivity index (χ1v) is 9.08. The van der Waals surface area contributed by atoms with Gasteiger partial charge in [-0.3, -0.25) is 9.59 Å². The fraction of sp³-hybridized carbons (Fsp3) is 0.190. The number of nitrogens with zero attached hydrogens (tertiary/aromatic N) is 3. The van der Waals surface area contributed by atoms with Crippen molar-refractivity contribution in [2.24, 2.45) is 0 Å². The zero-order chi connectivity index (χ0) is 22.8. The van der Waals surface area contributed by atoms with Gasteiger partial charge in [0.1, 0.15) is 11.5 Å². The third-order valence-corrected chi connectivity index (χ3v) is 4.43. The summed E-state index contributed by atoms with van der Waals surface area (Å²) >= 11 is 0. The second-order valence-electron chi connectivity index (χ2n) is 6.88. The monoisotopic (exact) mass is 434 g/mol. The fourth-order valence-corrected chi connectivity index (χ4v) is 2.83. The van der Waals surface area contributed by atoms with Crippen LogP contribution in [0.4, 0.5) is 23.2 Å². The maximum absolute atomic E-state index is 14.0. The van der Waals surface area contributed by atoms with Crippen LogP contribution >= 0.6 is 0 Å². The third-order valence-electron chi connectivity index (χ3n) is 4.43. The van der Waals surface area contributed by atoms with E-state index in [1.54, 1.807) is 26.2 Å². The summed E-state index contributed by atoms with van der Waals surface area (Å²) in [7, 11) is 3.24. The molecule has 0 atom stereocenters. The first-order chi connectivity index (χ1) is 14.6. The largest absolute Gasteiger partial charge is 0.434 e. The van der Waals surface area contributed by atoms with Crippen molar-refractivity contribution in [1.82, 2.24) is 14.7 Å². The van der Waals surface area contributed by atoms with Crippen molar-refractivity contribution >= 4 is 17.5 Å². The van der Waals surface area contributed by atoms with Gasteiger partial charge in [-0.15, -0.1) is 0 Å². The number of halogens is 4. The Morgan fingerprint density at radius 3 is 2.29 bits per heavy atom. The van der Waals surface area contributed by atoms with Crippen LogP contribution in [0.1, 0.15) is 21.6 Å². The van der Waals surface area contributed by atoms with Crippen molar-refractivity contribution in [2.75, 3.05) is 19.4 Å². The standard InChI is InChI=1S/C21H18F4N4O2/c1-28(2)18(30)11-13-7-9-14(10-8-13)27-20(31)15-12-26-29(19(15)21(23,24)25)17-6-4-3-5-16(17)22/h3-10,12H,11H2,1-2H3,(H,27,31). The van der Waals surface area contributed by atoms with Gasteiger partial charge in [-0.2, -0.15) is 18.3 Å². The molecule has 31 heavy (non-hydrogen) atoms. The van der Waals surface area contributed by atoms with Gasteiger partial charge in [0.15, 0.2) is 5.69 Å². The van der Waals surface area contributed by atoms with Crippen LogP contribution in [-0.4, -0.2) is 40.6 Å². The van der Waals surface area contributed by atoms with E-state index in [1.807, 2.05) is 0 Å². The summed E-state index contributed by atoms with van der Waals surface area (Å²) in [5.41, 5.74) is -1.65. The van der Waals surface area contributed by atoms with Crippen LogP contribution in [-0.2, 0) is 17.4 Å². The van der Waals surface area contributed by atoms with Gasteiger partial charge in [-0.05, 0) is 29.8 Å². The summed E-state index contributed by atoms with van der Waals surface area (Å²) in [4.78, 5) is 25.7. The molecule has 3 aromatic rings. The topological polar surface area (TPSA) is 67.2 Å². The Hall–Kier alpha value is -3.69. The molecule has 0 saturated heterocycles. The molecule has 3 rings (SSSR count). The highest BCUT2D eigenvalue weighted by Gasteiger charge is 2.41. The Morgan fingerprint density at radius 2 is 1.71 bits per heavy atom. The van der Waals surface area contributed by atoms with Gasteiger partial charge in [-0.1, -0.05) is 24.3 Å². The molecule has 0 unspecified atom stereocenters. The van der Waals surface area contributed by atoms with Crippen molar-refractivity contribution in [3.05, 3.63) is 77.4 Å². The van der Waals surface area contributed by atoms with E-state index in [2.05, 4.69) is 10.4 Å². The van der Waals surface area contributed by atoms with E-state index >= 15 is 0 Å². The molecule has 0 aliphatic rings. The second kappa shape index (κ2) is 8.58. The Morgan fingerprint density at radius 1 is 1.06 bits per heavy atom. The van der Waals surface area contributed by atoms with Gasteiger partial charge < -0.3 is 10.2 Å². The Balaban J connectivity index is 1.87. The van der Waals surface area contributed by atoms with Crippen LogP contribution < -0.4 is 5.32 Å². The number of benzene rings is 2. The van der Waals surface area contributed by atoms with E-state index in [1.165, 1.54) is 29.2 Å². The molecule has 0 radical (unpaired) electrons. The smallest absolute Gasteiger partial charge is 0.349 e. The van der Waals surface area contributed by atoms with E-state index in [-0.39, 0.29) is 18.0 Å². The number of anilines is 1. The van der Waals surface area contributed by atoms with Crippen molar-refractivity contribution < 1.29 is 27.2 Å². The SMILES string of the molecule is CN(C)C(=O)Cc1ccc(NC(=O)c2cnn(-c3ccccc3F)c2C(F)(F)F)cc1. The second-order valence-corrected chi connectivity index (χ2v) is 6.88. The quantitative estimate of drug-likeness (QED) is 0.620. The van der Waals surface area contributed by atoms with Gasteiger partial charge in [0.2, 0.25) is 5.91 Å². The molecule has 0 fully saturated rings. The number of hydrogen-bond acceptors (Lipinski definition) is 3. The predicted octanol–water partition coefficient (Wildman–Crippen LogP) is 3.91. The number of nitrogens with one attached hydrogen (secondary N) is 1. The number of likely N-dealkylation sites (N-methyl/N-ethyl adjacent to an activating group) is 1. The van der Waals surface area contributed by atoms with Gasteiger partial charge in [0.05, 0.1) is 18.2 Å². The first kappa shape index (κ1) is 22.0. The maximum Gasteiger partial charge on any atom is 0.434 e. The molecule has 0 saturated carbocycles. The van der Waals surface area contributed by atoms with E-state index in [0.717, 1.165) is 18.3 Å². The van der Waals surface area contributed by atoms with Gasteiger partial charge in [0.25, 0.3) is 5.91 Å². The molecule has 10 heteroatoms. The summed E-state index contributed by atoms with van der Waals surface area (Å²) in [6.45, 7) is 0. The Kier molecular flexibility index (Phi) is 6.09. The lowest BCUT2D eigenvalue weighted by atomic mass is 10.1. The third kappa shape index (κ3) is 4.90. The van der Waals surface area contributed by atoms with Gasteiger partial charge >= 0.3 is 6.18 Å². The first-order valence-electron chi connectivity index (χ1n) is 9.08. The minimum Gasteiger partial charge on any atom is -0.349 e. The highest BCUT2D eigenvalue weighted by atomic mass is 19.4. The summed E-state index contributed by atoms with van der Waals surface area (Å²) in [5.74, 6) is -2.08. The average Bonchev–Trinajstić information content (AvgIpc) is 3.15. The molecule has 6 nitrogen and oxygen atoms in total. The number of hydrogen-bond donors (Lipinski definition) is 1. The van der Waals surface area contributed by atoms with Crippen molar-refractivity contribution in [2.45, 2.75) is 12.6 Å². The molecule has 2 aromatic carbocycles. The van der Waals surface area contributed by atoms with Crippen LogP contribution in [0.2, 0.25) is 0 Å². The molecule has 1 aromatic heterocycles. The van der Waals surface area contributed by atoms with E-state index < -0.39 is 34.8 Å². The molecule has 1 heterocycles. The van der Waals surface area contributed by atoms with Crippen LogP contribution in [0.25, 0.3) is 5.69 Å². The van der Waals surface area contributed by atoms with Crippen molar-refractivity contribution in [3.63, 3.8) is 0 Å². The molecule has 162 valence electrons. The van der Waals surface area contributed by atoms with Gasteiger partial charge in [0, 0.05) is 19.8 Å². The molecular weight excluding hydrogens is 416 g/mol. The van der Waals surface area contributed by atoms with Crippen molar-refractivity contribution in [1.29, 1.82) is 0 Å². The van der Waals surface area contributed by atoms with Crippen LogP contribution in [0.5, 0.6) is 0 Å². The Bertz CT molecular complexity index is 1110.